The van der Waals surface area contributed by atoms with Gasteiger partial charge in [0.2, 0.25) is 0 Å². The van der Waals surface area contributed by atoms with Crippen molar-refractivity contribution >= 4 is 0 Å². The second-order valence-corrected chi connectivity index (χ2v) is 2.97. The zero-order valence-electron chi connectivity index (χ0n) is 6.94. The van der Waals surface area contributed by atoms with Gasteiger partial charge in [-0.3, -0.25) is 0 Å². The Morgan fingerprint density at radius 1 is 1.56 bits per heavy atom. The lowest BCUT2D eigenvalue weighted by Gasteiger charge is -2.19. The minimum Gasteiger partial charge on any atom is -0.306 e. The summed E-state index contributed by atoms with van der Waals surface area (Å²) in [6, 6.07) is 0.627. The predicted octanol–water partition coefficient (Wildman–Crippen LogP) is 1.90. The molecule has 1 unspecified atom stereocenters. The van der Waals surface area contributed by atoms with E-state index in [9.17, 15) is 0 Å². The van der Waals surface area contributed by atoms with Crippen molar-refractivity contribution in [2.45, 2.75) is 26.3 Å². The summed E-state index contributed by atoms with van der Waals surface area (Å²) in [5.41, 5.74) is 1.26. The van der Waals surface area contributed by atoms with Crippen LogP contribution in [-0.4, -0.2) is 25.0 Å². The molecule has 0 fully saturated rings. The monoisotopic (exact) mass is 127 g/mol. The van der Waals surface area contributed by atoms with E-state index in [0.29, 0.717) is 6.04 Å². The van der Waals surface area contributed by atoms with Crippen LogP contribution >= 0.6 is 0 Å². The molecule has 0 aliphatic rings. The van der Waals surface area contributed by atoms with Crippen molar-refractivity contribution in [2.75, 3.05) is 14.1 Å². The molecule has 9 heavy (non-hydrogen) atoms. The first-order valence-electron chi connectivity index (χ1n) is 3.35. The number of rotatable bonds is 3. The number of nitrogens with zero attached hydrogens (tertiary/aromatic N) is 1. The van der Waals surface area contributed by atoms with Crippen molar-refractivity contribution in [3.05, 3.63) is 12.2 Å². The van der Waals surface area contributed by atoms with E-state index in [2.05, 4.69) is 39.4 Å². The Bertz CT molecular complexity index is 94.7. The standard InChI is InChI=1S/C8H17N/c1-7(2)6-8(3)9(4)5/h8H,1,6H2,2-5H3. The largest absolute Gasteiger partial charge is 0.306 e. The smallest absolute Gasteiger partial charge is 0.00978 e. The molecule has 0 N–H and O–H groups in total. The van der Waals surface area contributed by atoms with Crippen LogP contribution in [0.25, 0.3) is 0 Å². The molecule has 0 saturated carbocycles. The van der Waals surface area contributed by atoms with Gasteiger partial charge in [0, 0.05) is 6.04 Å². The van der Waals surface area contributed by atoms with E-state index in [0.717, 1.165) is 6.42 Å². The highest BCUT2D eigenvalue weighted by Gasteiger charge is 2.02. The van der Waals surface area contributed by atoms with Gasteiger partial charge in [0.25, 0.3) is 0 Å². The third-order valence-electron chi connectivity index (χ3n) is 1.53. The summed E-state index contributed by atoms with van der Waals surface area (Å²) in [6.45, 7) is 8.12. The summed E-state index contributed by atoms with van der Waals surface area (Å²) in [5, 5.41) is 0. The zero-order chi connectivity index (χ0) is 7.44. The van der Waals surface area contributed by atoms with Gasteiger partial charge in [-0.25, -0.2) is 0 Å². The average molecular weight is 127 g/mol. The Labute approximate surface area is 58.4 Å². The van der Waals surface area contributed by atoms with Gasteiger partial charge in [-0.05, 0) is 34.4 Å². The summed E-state index contributed by atoms with van der Waals surface area (Å²) in [7, 11) is 4.18. The van der Waals surface area contributed by atoms with E-state index in [1.807, 2.05) is 0 Å². The van der Waals surface area contributed by atoms with E-state index in [-0.39, 0.29) is 0 Å². The van der Waals surface area contributed by atoms with E-state index in [1.54, 1.807) is 0 Å². The van der Waals surface area contributed by atoms with Gasteiger partial charge in [0.05, 0.1) is 0 Å². The van der Waals surface area contributed by atoms with Gasteiger partial charge in [0.15, 0.2) is 0 Å². The highest BCUT2D eigenvalue weighted by Crippen LogP contribution is 2.04. The van der Waals surface area contributed by atoms with Crippen LogP contribution in [0.2, 0.25) is 0 Å². The highest BCUT2D eigenvalue weighted by atomic mass is 15.1. The molecule has 0 heterocycles. The molecule has 0 aliphatic heterocycles. The molecule has 0 bridgehead atoms. The molecule has 1 heteroatoms. The Kier molecular flexibility index (Phi) is 3.55. The lowest BCUT2D eigenvalue weighted by Crippen LogP contribution is -2.24. The molecule has 0 saturated heterocycles. The topological polar surface area (TPSA) is 3.24 Å². The SMILES string of the molecule is C=C(C)CC(C)N(C)C. The maximum atomic E-state index is 3.85. The summed E-state index contributed by atoms with van der Waals surface area (Å²) in [4.78, 5) is 2.20. The van der Waals surface area contributed by atoms with Crippen LogP contribution in [0, 0.1) is 0 Å². The Hall–Kier alpha value is -0.300. The minimum atomic E-state index is 0.627. The van der Waals surface area contributed by atoms with Crippen LogP contribution in [0.1, 0.15) is 20.3 Å². The van der Waals surface area contributed by atoms with Crippen LogP contribution in [-0.2, 0) is 0 Å². The molecule has 1 nitrogen and oxygen atoms in total. The molecule has 0 aromatic carbocycles. The van der Waals surface area contributed by atoms with Gasteiger partial charge in [-0.2, -0.15) is 0 Å². The van der Waals surface area contributed by atoms with E-state index in [1.165, 1.54) is 5.57 Å². The predicted molar refractivity (Wildman–Crippen MR) is 42.6 cm³/mol. The quantitative estimate of drug-likeness (QED) is 0.523. The lowest BCUT2D eigenvalue weighted by molar-refractivity contribution is 0.312. The van der Waals surface area contributed by atoms with Crippen molar-refractivity contribution in [1.82, 2.24) is 4.90 Å². The van der Waals surface area contributed by atoms with Gasteiger partial charge in [-0.1, -0.05) is 5.57 Å². The molecule has 0 rings (SSSR count). The summed E-state index contributed by atoms with van der Waals surface area (Å²) < 4.78 is 0. The Morgan fingerprint density at radius 2 is 2.00 bits per heavy atom. The van der Waals surface area contributed by atoms with Gasteiger partial charge >= 0.3 is 0 Å². The van der Waals surface area contributed by atoms with E-state index in [4.69, 9.17) is 0 Å². The molecule has 0 spiro atoms. The van der Waals surface area contributed by atoms with Crippen molar-refractivity contribution in [2.24, 2.45) is 0 Å². The molecule has 0 aliphatic carbocycles. The minimum absolute atomic E-state index is 0.627. The fourth-order valence-corrected chi connectivity index (χ4v) is 0.687. The maximum Gasteiger partial charge on any atom is 0.00978 e. The van der Waals surface area contributed by atoms with Crippen LogP contribution in [0.4, 0.5) is 0 Å². The second kappa shape index (κ2) is 3.67. The lowest BCUT2D eigenvalue weighted by atomic mass is 10.1. The third kappa shape index (κ3) is 4.22. The van der Waals surface area contributed by atoms with Crippen molar-refractivity contribution in [1.29, 1.82) is 0 Å². The van der Waals surface area contributed by atoms with Crippen LogP contribution in [0.3, 0.4) is 0 Å². The molecular formula is C8H17N. The highest BCUT2D eigenvalue weighted by molar-refractivity contribution is 4.91. The summed E-state index contributed by atoms with van der Waals surface area (Å²) >= 11 is 0. The molecule has 54 valence electrons. The Balaban J connectivity index is 3.50. The third-order valence-corrected chi connectivity index (χ3v) is 1.53. The number of hydrogen-bond acceptors (Lipinski definition) is 1. The zero-order valence-corrected chi connectivity index (χ0v) is 6.94. The molecule has 0 aromatic heterocycles. The first-order valence-corrected chi connectivity index (χ1v) is 3.35. The molecule has 0 radical (unpaired) electrons. The van der Waals surface area contributed by atoms with E-state index < -0.39 is 0 Å². The second-order valence-electron chi connectivity index (χ2n) is 2.97. The first-order chi connectivity index (χ1) is 4.04. The molecule has 1 atom stereocenters. The van der Waals surface area contributed by atoms with Gasteiger partial charge < -0.3 is 4.90 Å². The van der Waals surface area contributed by atoms with Crippen molar-refractivity contribution in [3.63, 3.8) is 0 Å². The summed E-state index contributed by atoms with van der Waals surface area (Å²) in [6.07, 6.45) is 1.10. The molecule has 0 aromatic rings. The van der Waals surface area contributed by atoms with Gasteiger partial charge in [-0.15, -0.1) is 6.58 Å². The van der Waals surface area contributed by atoms with Crippen LogP contribution in [0.5, 0.6) is 0 Å². The number of hydrogen-bond donors (Lipinski definition) is 0. The Morgan fingerprint density at radius 3 is 2.11 bits per heavy atom. The molecule has 0 amide bonds. The van der Waals surface area contributed by atoms with E-state index >= 15 is 0 Å². The van der Waals surface area contributed by atoms with Gasteiger partial charge in [0.1, 0.15) is 0 Å². The van der Waals surface area contributed by atoms with Crippen molar-refractivity contribution in [3.8, 4) is 0 Å². The molecular weight excluding hydrogens is 110 g/mol. The fraction of sp³-hybridized carbons (Fsp3) is 0.750. The van der Waals surface area contributed by atoms with Crippen LogP contribution in [0.15, 0.2) is 12.2 Å². The van der Waals surface area contributed by atoms with Crippen LogP contribution < -0.4 is 0 Å². The summed E-state index contributed by atoms with van der Waals surface area (Å²) in [5.74, 6) is 0. The fourth-order valence-electron chi connectivity index (χ4n) is 0.687. The maximum absolute atomic E-state index is 3.85. The van der Waals surface area contributed by atoms with Crippen molar-refractivity contribution < 1.29 is 0 Å². The first kappa shape index (κ1) is 8.70. The average Bonchev–Trinajstić information content (AvgIpc) is 1.63. The normalized spacial score (nSPS) is 13.9.